The molecule has 0 spiro atoms. The maximum absolute atomic E-state index is 12.9. The zero-order chi connectivity index (χ0) is 27.0. The third kappa shape index (κ3) is 6.76. The molecule has 1 amide bonds. The first-order valence-corrected chi connectivity index (χ1v) is 13.7. The predicted octanol–water partition coefficient (Wildman–Crippen LogP) is 3.07. The summed E-state index contributed by atoms with van der Waals surface area (Å²) in [6.07, 6.45) is 9.73. The highest BCUT2D eigenvalue weighted by atomic mass is 32.1. The summed E-state index contributed by atoms with van der Waals surface area (Å²) < 4.78 is 0. The summed E-state index contributed by atoms with van der Waals surface area (Å²) in [7, 11) is 0. The molecule has 1 fully saturated rings. The van der Waals surface area contributed by atoms with Gasteiger partial charge in [-0.1, -0.05) is 6.07 Å². The minimum atomic E-state index is -0.294. The summed E-state index contributed by atoms with van der Waals surface area (Å²) in [6, 6.07) is 9.39. The van der Waals surface area contributed by atoms with Gasteiger partial charge in [0.05, 0.1) is 17.7 Å². The van der Waals surface area contributed by atoms with Crippen LogP contribution in [-0.4, -0.2) is 61.9 Å². The van der Waals surface area contributed by atoms with Gasteiger partial charge in [0.1, 0.15) is 28.2 Å². The van der Waals surface area contributed by atoms with Gasteiger partial charge >= 0.3 is 0 Å². The van der Waals surface area contributed by atoms with Crippen LogP contribution in [0.25, 0.3) is 10.7 Å². The lowest BCUT2D eigenvalue weighted by Gasteiger charge is -2.31. The van der Waals surface area contributed by atoms with Crippen LogP contribution in [0.5, 0.6) is 0 Å². The number of nitrogens with two attached hydrogens (primary N) is 1. The van der Waals surface area contributed by atoms with Crippen molar-refractivity contribution in [2.45, 2.75) is 25.8 Å². The fourth-order valence-corrected chi connectivity index (χ4v) is 5.48. The van der Waals surface area contributed by atoms with Gasteiger partial charge in [0.15, 0.2) is 0 Å². The molecule has 0 saturated carbocycles. The largest absolute Gasteiger partial charge is 0.397 e. The molecule has 4 aromatic rings. The van der Waals surface area contributed by atoms with Gasteiger partial charge in [-0.3, -0.25) is 14.7 Å². The Morgan fingerprint density at radius 2 is 2.13 bits per heavy atom. The molecule has 12 heteroatoms. The summed E-state index contributed by atoms with van der Waals surface area (Å²) in [4.78, 5) is 36.9. The molecular weight excluding hydrogens is 512 g/mol. The van der Waals surface area contributed by atoms with E-state index in [4.69, 9.17) is 5.73 Å². The molecule has 5 rings (SSSR count). The number of carbonyl (C=O) groups is 1. The van der Waals surface area contributed by atoms with Crippen LogP contribution >= 0.6 is 11.3 Å². The third-order valence-corrected chi connectivity index (χ3v) is 7.72. The second-order valence-electron chi connectivity index (χ2n) is 9.46. The van der Waals surface area contributed by atoms with E-state index in [-0.39, 0.29) is 22.9 Å². The molecule has 0 aromatic carbocycles. The number of amides is 1. The molecule has 5 N–H and O–H groups in total. The maximum atomic E-state index is 12.9. The minimum Gasteiger partial charge on any atom is -0.397 e. The average molecular weight is 543 g/mol. The normalized spacial score (nSPS) is 14.1. The van der Waals surface area contributed by atoms with Gasteiger partial charge in [-0.15, -0.1) is 11.3 Å². The van der Waals surface area contributed by atoms with E-state index in [1.807, 2.05) is 24.4 Å². The SMILES string of the molecule is N#Cc1c(N)cc(C(=O)NCC2CCN(Cc3cnc(-c4ccccn4)s3)CC2)nc1NCCc1cnc[nH]1. The molecule has 1 saturated heterocycles. The smallest absolute Gasteiger partial charge is 0.270 e. The van der Waals surface area contributed by atoms with Crippen molar-refractivity contribution in [2.75, 3.05) is 37.2 Å². The van der Waals surface area contributed by atoms with Crippen molar-refractivity contribution >= 4 is 28.7 Å². The van der Waals surface area contributed by atoms with E-state index < -0.39 is 0 Å². The van der Waals surface area contributed by atoms with Gasteiger partial charge in [0.2, 0.25) is 0 Å². The van der Waals surface area contributed by atoms with Crippen molar-refractivity contribution in [1.29, 1.82) is 5.26 Å². The van der Waals surface area contributed by atoms with Crippen LogP contribution in [0.4, 0.5) is 11.5 Å². The van der Waals surface area contributed by atoms with Crippen LogP contribution in [0.1, 0.15) is 39.5 Å². The Hall–Kier alpha value is -4.34. The van der Waals surface area contributed by atoms with E-state index in [2.05, 4.69) is 46.5 Å². The first kappa shape index (κ1) is 26.3. The van der Waals surface area contributed by atoms with Crippen molar-refractivity contribution in [3.05, 3.63) is 71.0 Å². The van der Waals surface area contributed by atoms with Gasteiger partial charge in [-0.2, -0.15) is 5.26 Å². The highest BCUT2D eigenvalue weighted by molar-refractivity contribution is 7.14. The lowest BCUT2D eigenvalue weighted by Crippen LogP contribution is -2.38. The lowest BCUT2D eigenvalue weighted by molar-refractivity contribution is 0.0930. The summed E-state index contributed by atoms with van der Waals surface area (Å²) in [5, 5.41) is 16.6. The molecule has 0 atom stereocenters. The number of hydrogen-bond donors (Lipinski definition) is 4. The third-order valence-electron chi connectivity index (χ3n) is 6.71. The van der Waals surface area contributed by atoms with Crippen LogP contribution in [0.2, 0.25) is 0 Å². The van der Waals surface area contributed by atoms with Crippen LogP contribution in [0.3, 0.4) is 0 Å². The molecule has 0 radical (unpaired) electrons. The zero-order valence-electron chi connectivity index (χ0n) is 21.4. The highest BCUT2D eigenvalue weighted by Crippen LogP contribution is 2.26. The Kier molecular flexibility index (Phi) is 8.40. The van der Waals surface area contributed by atoms with Crippen LogP contribution < -0.4 is 16.4 Å². The average Bonchev–Trinajstić information content (AvgIpc) is 3.65. The number of likely N-dealkylation sites (tertiary alicyclic amines) is 1. The monoisotopic (exact) mass is 542 g/mol. The molecule has 0 aliphatic carbocycles. The first-order chi connectivity index (χ1) is 19.1. The van der Waals surface area contributed by atoms with Crippen molar-refractivity contribution in [3.8, 4) is 16.8 Å². The number of nitrogen functional groups attached to an aromatic ring is 1. The standard InChI is InChI=1S/C27H30N10OS/c28-12-21-22(29)11-24(36-25(21)32-8-4-19-14-30-17-35-19)26(38)33-13-18-5-9-37(10-6-18)16-20-15-34-27(39-20)23-3-1-2-7-31-23/h1-3,7,11,14-15,17-18H,4-6,8-10,13,16H2,(H,30,35)(H,33,38)(H3,29,32,36). The van der Waals surface area contributed by atoms with Crippen LogP contribution in [0, 0.1) is 17.2 Å². The molecule has 200 valence electrons. The number of aromatic nitrogens is 5. The number of pyridine rings is 2. The van der Waals surface area contributed by atoms with Crippen molar-refractivity contribution in [2.24, 2.45) is 5.92 Å². The van der Waals surface area contributed by atoms with Crippen molar-refractivity contribution in [3.63, 3.8) is 0 Å². The molecule has 0 bridgehead atoms. The number of nitriles is 1. The molecule has 0 unspecified atom stereocenters. The number of piperidine rings is 1. The number of aromatic amines is 1. The number of rotatable bonds is 10. The summed E-state index contributed by atoms with van der Waals surface area (Å²) >= 11 is 1.68. The highest BCUT2D eigenvalue weighted by Gasteiger charge is 2.22. The summed E-state index contributed by atoms with van der Waals surface area (Å²) in [5.74, 6) is 0.403. The van der Waals surface area contributed by atoms with Crippen LogP contribution in [-0.2, 0) is 13.0 Å². The molecular formula is C27H30N10OS. The Morgan fingerprint density at radius 1 is 1.26 bits per heavy atom. The summed E-state index contributed by atoms with van der Waals surface area (Å²) in [6.45, 7) is 3.88. The Morgan fingerprint density at radius 3 is 2.87 bits per heavy atom. The number of nitrogens with zero attached hydrogens (tertiary/aromatic N) is 6. The molecule has 11 nitrogen and oxygen atoms in total. The van der Waals surface area contributed by atoms with Gasteiger partial charge in [0.25, 0.3) is 5.91 Å². The lowest BCUT2D eigenvalue weighted by atomic mass is 9.96. The zero-order valence-corrected chi connectivity index (χ0v) is 22.2. The summed E-state index contributed by atoms with van der Waals surface area (Å²) in [5.41, 5.74) is 8.59. The molecule has 1 aliphatic heterocycles. The second kappa shape index (κ2) is 12.5. The maximum Gasteiger partial charge on any atom is 0.270 e. The number of H-pyrrole nitrogens is 1. The second-order valence-corrected chi connectivity index (χ2v) is 10.6. The van der Waals surface area contributed by atoms with E-state index in [0.717, 1.165) is 48.9 Å². The molecule has 39 heavy (non-hydrogen) atoms. The van der Waals surface area contributed by atoms with E-state index in [0.29, 0.717) is 31.2 Å². The van der Waals surface area contributed by atoms with Crippen LogP contribution in [0.15, 0.2) is 49.2 Å². The minimum absolute atomic E-state index is 0.196. The number of hydrogen-bond acceptors (Lipinski definition) is 10. The fraction of sp³-hybridized carbons (Fsp3) is 0.333. The topological polar surface area (TPSA) is 162 Å². The van der Waals surface area contributed by atoms with Gasteiger partial charge < -0.3 is 21.4 Å². The number of thiazole rings is 1. The molecule has 5 heterocycles. The Bertz CT molecular complexity index is 1420. The van der Waals surface area contributed by atoms with E-state index >= 15 is 0 Å². The number of carbonyl (C=O) groups excluding carboxylic acids is 1. The van der Waals surface area contributed by atoms with Crippen molar-refractivity contribution in [1.82, 2.24) is 35.1 Å². The van der Waals surface area contributed by atoms with E-state index in [1.165, 1.54) is 10.9 Å². The van der Waals surface area contributed by atoms with Gasteiger partial charge in [-0.05, 0) is 50.0 Å². The molecule has 1 aliphatic rings. The van der Waals surface area contributed by atoms with E-state index in [9.17, 15) is 10.1 Å². The number of imidazole rings is 1. The Balaban J connectivity index is 1.10. The first-order valence-electron chi connectivity index (χ1n) is 12.9. The van der Waals surface area contributed by atoms with Crippen molar-refractivity contribution < 1.29 is 4.79 Å². The number of nitrogens with one attached hydrogen (secondary N) is 3. The number of anilines is 2. The fourth-order valence-electron chi connectivity index (χ4n) is 4.55. The van der Waals surface area contributed by atoms with Gasteiger partial charge in [-0.25, -0.2) is 15.0 Å². The predicted molar refractivity (Wildman–Crippen MR) is 150 cm³/mol. The molecule has 4 aromatic heterocycles. The van der Waals surface area contributed by atoms with Gasteiger partial charge in [0, 0.05) is 55.2 Å². The quantitative estimate of drug-likeness (QED) is 0.236. The Labute approximate surface area is 230 Å². The van der Waals surface area contributed by atoms with E-state index in [1.54, 1.807) is 30.1 Å².